The molecule has 0 aliphatic carbocycles. The van der Waals surface area contributed by atoms with Crippen molar-refractivity contribution in [3.63, 3.8) is 0 Å². The summed E-state index contributed by atoms with van der Waals surface area (Å²) in [7, 11) is 0. The monoisotopic (exact) mass is 341 g/mol. The van der Waals surface area contributed by atoms with E-state index in [1.165, 1.54) is 0 Å². The van der Waals surface area contributed by atoms with E-state index >= 15 is 0 Å². The molecular weight excluding hydrogens is 318 g/mol. The molecule has 1 aromatic rings. The number of carbonyl (C=O) groups is 2. The lowest BCUT2D eigenvalue weighted by molar-refractivity contribution is -0.119. The maximum absolute atomic E-state index is 12.6. The van der Waals surface area contributed by atoms with E-state index in [0.29, 0.717) is 37.6 Å². The highest BCUT2D eigenvalue weighted by atomic mass is 35.5. The van der Waals surface area contributed by atoms with Gasteiger partial charge in [0.15, 0.2) is 0 Å². The Morgan fingerprint density at radius 1 is 1.22 bits per heavy atom. The molecule has 23 heavy (non-hydrogen) atoms. The van der Waals surface area contributed by atoms with E-state index in [0.717, 1.165) is 0 Å². The molecule has 1 aromatic carbocycles. The number of nitrogens with two attached hydrogens (primary N) is 1. The van der Waals surface area contributed by atoms with Crippen molar-refractivity contribution in [2.24, 2.45) is 11.7 Å². The summed E-state index contributed by atoms with van der Waals surface area (Å²) in [6.07, 6.45) is 0. The molecule has 2 amide bonds. The lowest BCUT2D eigenvalue weighted by Gasteiger charge is -2.27. The first kappa shape index (κ1) is 19.4. The number of ether oxygens (including phenoxy) is 1. The fourth-order valence-electron chi connectivity index (χ4n) is 2.20. The molecule has 2 atom stereocenters. The van der Waals surface area contributed by atoms with Crippen molar-refractivity contribution in [2.75, 3.05) is 31.6 Å². The minimum atomic E-state index is -0.327. The summed E-state index contributed by atoms with van der Waals surface area (Å²) in [5.41, 5.74) is 6.77. The van der Waals surface area contributed by atoms with Crippen molar-refractivity contribution >= 4 is 29.9 Å². The lowest BCUT2D eigenvalue weighted by Crippen LogP contribution is -2.41. The summed E-state index contributed by atoms with van der Waals surface area (Å²) < 4.78 is 5.26. The number of morpholine rings is 1. The first-order chi connectivity index (χ1) is 10.5. The molecule has 0 aromatic heterocycles. The molecule has 0 spiro atoms. The van der Waals surface area contributed by atoms with Crippen LogP contribution in [0.4, 0.5) is 5.69 Å². The van der Waals surface area contributed by atoms with Gasteiger partial charge in [0, 0.05) is 19.1 Å². The maximum Gasteiger partial charge on any atom is 0.256 e. The minimum absolute atomic E-state index is 0. The van der Waals surface area contributed by atoms with E-state index in [9.17, 15) is 9.59 Å². The normalized spacial score (nSPS) is 16.9. The zero-order valence-electron chi connectivity index (χ0n) is 13.5. The van der Waals surface area contributed by atoms with Crippen LogP contribution < -0.4 is 11.1 Å². The Hall–Kier alpha value is -1.63. The van der Waals surface area contributed by atoms with Crippen molar-refractivity contribution in [3.8, 4) is 0 Å². The van der Waals surface area contributed by atoms with Gasteiger partial charge < -0.3 is 20.7 Å². The first-order valence-corrected chi connectivity index (χ1v) is 7.53. The third-order valence-corrected chi connectivity index (χ3v) is 3.92. The van der Waals surface area contributed by atoms with Gasteiger partial charge in [-0.25, -0.2) is 0 Å². The van der Waals surface area contributed by atoms with Crippen molar-refractivity contribution < 1.29 is 14.3 Å². The van der Waals surface area contributed by atoms with E-state index in [4.69, 9.17) is 10.5 Å². The van der Waals surface area contributed by atoms with Gasteiger partial charge in [-0.3, -0.25) is 9.59 Å². The number of nitrogens with one attached hydrogen (secondary N) is 1. The molecule has 1 heterocycles. The topological polar surface area (TPSA) is 84.7 Å². The van der Waals surface area contributed by atoms with Crippen LogP contribution in [0.3, 0.4) is 0 Å². The zero-order valence-corrected chi connectivity index (χ0v) is 14.3. The summed E-state index contributed by atoms with van der Waals surface area (Å²) in [5.74, 6) is -0.601. The number of anilines is 1. The number of rotatable bonds is 4. The molecule has 1 aliphatic heterocycles. The van der Waals surface area contributed by atoms with E-state index in [1.54, 1.807) is 43.0 Å². The maximum atomic E-state index is 12.6. The highest BCUT2D eigenvalue weighted by Gasteiger charge is 2.23. The average Bonchev–Trinajstić information content (AvgIpc) is 2.54. The van der Waals surface area contributed by atoms with Gasteiger partial charge >= 0.3 is 0 Å². The van der Waals surface area contributed by atoms with Crippen LogP contribution in [0.15, 0.2) is 24.3 Å². The Morgan fingerprint density at radius 2 is 1.83 bits per heavy atom. The smallest absolute Gasteiger partial charge is 0.256 e. The molecule has 1 fully saturated rings. The Kier molecular flexibility index (Phi) is 7.48. The van der Waals surface area contributed by atoms with Crippen LogP contribution in [0.25, 0.3) is 0 Å². The first-order valence-electron chi connectivity index (χ1n) is 7.53. The number of carbonyl (C=O) groups excluding carboxylic acids is 2. The zero-order chi connectivity index (χ0) is 16.1. The van der Waals surface area contributed by atoms with Gasteiger partial charge in [-0.1, -0.05) is 19.1 Å². The predicted octanol–water partition coefficient (Wildman–Crippen LogP) is 1.50. The Bertz CT molecular complexity index is 545. The number of benzene rings is 1. The van der Waals surface area contributed by atoms with Crippen LogP contribution in [-0.4, -0.2) is 49.1 Å². The largest absolute Gasteiger partial charge is 0.378 e. The second kappa shape index (κ2) is 8.86. The van der Waals surface area contributed by atoms with Crippen LogP contribution in [0.5, 0.6) is 0 Å². The van der Waals surface area contributed by atoms with Crippen molar-refractivity contribution in [1.29, 1.82) is 0 Å². The molecule has 3 N–H and O–H groups in total. The van der Waals surface area contributed by atoms with Gasteiger partial charge in [-0.15, -0.1) is 12.4 Å². The number of para-hydroxylation sites is 1. The van der Waals surface area contributed by atoms with Gasteiger partial charge in [0.25, 0.3) is 5.91 Å². The number of halogens is 1. The lowest BCUT2D eigenvalue weighted by atomic mass is 10.0. The molecule has 1 aliphatic rings. The van der Waals surface area contributed by atoms with Crippen LogP contribution in [0.2, 0.25) is 0 Å². The van der Waals surface area contributed by atoms with Crippen LogP contribution in [-0.2, 0) is 9.53 Å². The molecule has 0 radical (unpaired) electrons. The fourth-order valence-corrected chi connectivity index (χ4v) is 2.20. The van der Waals surface area contributed by atoms with E-state index in [1.807, 2.05) is 0 Å². The van der Waals surface area contributed by atoms with Gasteiger partial charge in [0.1, 0.15) is 0 Å². The summed E-state index contributed by atoms with van der Waals surface area (Å²) in [4.78, 5) is 26.5. The number of amides is 2. The van der Waals surface area contributed by atoms with Gasteiger partial charge in [-0.2, -0.15) is 0 Å². The number of nitrogens with zero attached hydrogens (tertiary/aromatic N) is 1. The van der Waals surface area contributed by atoms with Crippen LogP contribution >= 0.6 is 12.4 Å². The number of hydrogen-bond donors (Lipinski definition) is 2. The fraction of sp³-hybridized carbons (Fsp3) is 0.500. The van der Waals surface area contributed by atoms with Crippen molar-refractivity contribution in [2.45, 2.75) is 19.9 Å². The quantitative estimate of drug-likeness (QED) is 0.869. The third kappa shape index (κ3) is 4.92. The van der Waals surface area contributed by atoms with Gasteiger partial charge in [0.2, 0.25) is 5.91 Å². The molecule has 1 saturated heterocycles. The van der Waals surface area contributed by atoms with E-state index in [-0.39, 0.29) is 36.2 Å². The van der Waals surface area contributed by atoms with Crippen molar-refractivity contribution in [3.05, 3.63) is 29.8 Å². The third-order valence-electron chi connectivity index (χ3n) is 3.92. The molecule has 2 unspecified atom stereocenters. The molecular formula is C16H24ClN3O3. The van der Waals surface area contributed by atoms with Crippen LogP contribution in [0, 0.1) is 5.92 Å². The summed E-state index contributed by atoms with van der Waals surface area (Å²) in [5, 5.41) is 2.81. The number of hydrogen-bond acceptors (Lipinski definition) is 4. The van der Waals surface area contributed by atoms with E-state index < -0.39 is 0 Å². The molecule has 2 rings (SSSR count). The van der Waals surface area contributed by atoms with Crippen molar-refractivity contribution in [1.82, 2.24) is 4.90 Å². The second-order valence-electron chi connectivity index (χ2n) is 5.59. The van der Waals surface area contributed by atoms with Gasteiger partial charge in [0.05, 0.1) is 30.4 Å². The molecule has 0 bridgehead atoms. The Balaban J connectivity index is 0.00000264. The minimum Gasteiger partial charge on any atom is -0.378 e. The summed E-state index contributed by atoms with van der Waals surface area (Å²) in [6, 6.07) is 6.80. The van der Waals surface area contributed by atoms with Crippen LogP contribution in [0.1, 0.15) is 24.2 Å². The second-order valence-corrected chi connectivity index (χ2v) is 5.59. The highest BCUT2D eigenvalue weighted by molar-refractivity contribution is 6.04. The Labute approximate surface area is 142 Å². The van der Waals surface area contributed by atoms with Gasteiger partial charge in [-0.05, 0) is 19.1 Å². The Morgan fingerprint density at radius 3 is 2.43 bits per heavy atom. The molecule has 6 nitrogen and oxygen atoms in total. The molecule has 7 heteroatoms. The molecule has 128 valence electrons. The van der Waals surface area contributed by atoms with E-state index in [2.05, 4.69) is 5.32 Å². The average molecular weight is 342 g/mol. The molecule has 0 saturated carbocycles. The summed E-state index contributed by atoms with van der Waals surface area (Å²) >= 11 is 0. The summed E-state index contributed by atoms with van der Waals surface area (Å²) in [6.45, 7) is 5.78. The standard InChI is InChI=1S/C16H23N3O3.ClH/c1-11(12(2)17)15(20)18-14-6-4-3-5-13(14)16(21)19-7-9-22-10-8-19;/h3-6,11-12H,7-10,17H2,1-2H3,(H,18,20);1H. The predicted molar refractivity (Wildman–Crippen MR) is 91.9 cm³/mol. The highest BCUT2D eigenvalue weighted by Crippen LogP contribution is 2.19. The SMILES string of the molecule is CC(N)C(C)C(=O)Nc1ccccc1C(=O)N1CCOCC1.Cl.